The summed E-state index contributed by atoms with van der Waals surface area (Å²) in [5.74, 6) is 0.156. The summed E-state index contributed by atoms with van der Waals surface area (Å²) in [6.45, 7) is 2.86. The van der Waals surface area contributed by atoms with Crippen LogP contribution in [0.15, 0.2) is 54.7 Å². The Morgan fingerprint density at radius 3 is 2.58 bits per heavy atom. The van der Waals surface area contributed by atoms with E-state index in [-0.39, 0.29) is 5.91 Å². The van der Waals surface area contributed by atoms with Gasteiger partial charge in [0, 0.05) is 43.3 Å². The number of carbonyl (C=O) groups is 1. The van der Waals surface area contributed by atoms with E-state index in [1.165, 1.54) is 0 Å². The van der Waals surface area contributed by atoms with E-state index < -0.39 is 0 Å². The Bertz CT molecular complexity index is 977. The molecule has 0 atom stereocenters. The number of nitrogens with one attached hydrogen (secondary N) is 1. The van der Waals surface area contributed by atoms with Crippen LogP contribution in [0.4, 0.5) is 5.69 Å². The summed E-state index contributed by atoms with van der Waals surface area (Å²) < 4.78 is 0. The van der Waals surface area contributed by atoms with E-state index in [9.17, 15) is 10.1 Å². The van der Waals surface area contributed by atoms with Crippen LogP contribution in [0.1, 0.15) is 11.1 Å². The van der Waals surface area contributed by atoms with Gasteiger partial charge in [-0.05, 0) is 23.8 Å². The summed E-state index contributed by atoms with van der Waals surface area (Å²) in [5.41, 5.74) is 3.75. The number of hydrogen-bond donors (Lipinski definition) is 1. The smallest absolute Gasteiger partial charge is 0.227 e. The van der Waals surface area contributed by atoms with Crippen molar-refractivity contribution in [2.45, 2.75) is 6.42 Å². The Morgan fingerprint density at radius 2 is 1.77 bits per heavy atom. The number of piperazine rings is 1. The van der Waals surface area contributed by atoms with Crippen LogP contribution in [-0.4, -0.2) is 42.0 Å². The molecule has 2 aromatic carbocycles. The van der Waals surface area contributed by atoms with Crippen LogP contribution < -0.4 is 4.90 Å². The lowest BCUT2D eigenvalue weighted by atomic mass is 10.1. The predicted octanol–water partition coefficient (Wildman–Crippen LogP) is 2.93. The summed E-state index contributed by atoms with van der Waals surface area (Å²) in [6.07, 6.45) is 2.35. The fourth-order valence-corrected chi connectivity index (χ4v) is 3.59. The van der Waals surface area contributed by atoms with Crippen LogP contribution >= 0.6 is 0 Å². The van der Waals surface area contributed by atoms with Gasteiger partial charge in [0.25, 0.3) is 0 Å². The zero-order valence-electron chi connectivity index (χ0n) is 14.5. The van der Waals surface area contributed by atoms with Crippen molar-refractivity contribution in [3.63, 3.8) is 0 Å². The van der Waals surface area contributed by atoms with Gasteiger partial charge in [-0.3, -0.25) is 4.79 Å². The molecule has 0 bridgehead atoms. The number of fused-ring (bicyclic) bond motifs is 1. The summed E-state index contributed by atoms with van der Waals surface area (Å²) in [4.78, 5) is 20.1. The van der Waals surface area contributed by atoms with Crippen molar-refractivity contribution >= 4 is 22.5 Å². The van der Waals surface area contributed by atoms with Crippen LogP contribution in [0.5, 0.6) is 0 Å². The van der Waals surface area contributed by atoms with Gasteiger partial charge in [0.2, 0.25) is 5.91 Å². The lowest BCUT2D eigenvalue weighted by Crippen LogP contribution is -2.49. The van der Waals surface area contributed by atoms with E-state index in [1.54, 1.807) is 0 Å². The van der Waals surface area contributed by atoms with Crippen LogP contribution in [-0.2, 0) is 11.2 Å². The molecule has 0 spiro atoms. The monoisotopic (exact) mass is 344 g/mol. The molecule has 1 aliphatic rings. The lowest BCUT2D eigenvalue weighted by molar-refractivity contribution is -0.130. The highest BCUT2D eigenvalue weighted by Gasteiger charge is 2.23. The first-order chi connectivity index (χ1) is 12.8. The van der Waals surface area contributed by atoms with E-state index in [0.29, 0.717) is 25.1 Å². The molecule has 1 fully saturated rings. The molecule has 4 rings (SSSR count). The third-order valence-electron chi connectivity index (χ3n) is 5.01. The summed E-state index contributed by atoms with van der Waals surface area (Å²) in [6, 6.07) is 17.9. The minimum absolute atomic E-state index is 0.156. The SMILES string of the molecule is N#Cc1ccccc1N1CCN(C(=O)Cc2c[nH]c3ccccc23)CC1. The summed E-state index contributed by atoms with van der Waals surface area (Å²) in [7, 11) is 0. The Kier molecular flexibility index (Phi) is 4.32. The largest absolute Gasteiger partial charge is 0.367 e. The van der Waals surface area contributed by atoms with E-state index in [2.05, 4.69) is 16.0 Å². The van der Waals surface area contributed by atoms with Crippen molar-refractivity contribution in [1.29, 1.82) is 5.26 Å². The van der Waals surface area contributed by atoms with E-state index in [1.807, 2.05) is 59.6 Å². The van der Waals surface area contributed by atoms with E-state index in [0.717, 1.165) is 35.2 Å². The summed E-state index contributed by atoms with van der Waals surface area (Å²) in [5, 5.41) is 10.4. The summed E-state index contributed by atoms with van der Waals surface area (Å²) >= 11 is 0. The number of aromatic nitrogens is 1. The number of para-hydroxylation sites is 2. The lowest BCUT2D eigenvalue weighted by Gasteiger charge is -2.36. The quantitative estimate of drug-likeness (QED) is 0.794. The molecule has 1 N–H and O–H groups in total. The van der Waals surface area contributed by atoms with Crippen molar-refractivity contribution in [2.75, 3.05) is 31.1 Å². The third-order valence-corrected chi connectivity index (χ3v) is 5.01. The third kappa shape index (κ3) is 3.02. The normalized spacial score (nSPS) is 14.4. The minimum atomic E-state index is 0.156. The molecule has 5 nitrogen and oxygen atoms in total. The average Bonchev–Trinajstić information content (AvgIpc) is 3.11. The van der Waals surface area contributed by atoms with Crippen LogP contribution in [0.2, 0.25) is 0 Å². The van der Waals surface area contributed by atoms with Gasteiger partial charge in [-0.2, -0.15) is 5.26 Å². The molecule has 5 heteroatoms. The Labute approximate surface area is 152 Å². The molecular weight excluding hydrogens is 324 g/mol. The zero-order valence-corrected chi connectivity index (χ0v) is 14.5. The molecule has 1 amide bonds. The number of amides is 1. The Hall–Kier alpha value is -3.26. The Balaban J connectivity index is 1.42. The molecule has 0 saturated carbocycles. The van der Waals surface area contributed by atoms with Crippen molar-refractivity contribution in [3.05, 3.63) is 65.9 Å². The first kappa shape index (κ1) is 16.2. The molecule has 1 aliphatic heterocycles. The zero-order chi connectivity index (χ0) is 17.9. The van der Waals surface area contributed by atoms with E-state index >= 15 is 0 Å². The highest BCUT2D eigenvalue weighted by Crippen LogP contribution is 2.22. The number of rotatable bonds is 3. The number of hydrogen-bond acceptors (Lipinski definition) is 3. The van der Waals surface area contributed by atoms with Gasteiger partial charge in [0.1, 0.15) is 6.07 Å². The fraction of sp³-hybridized carbons (Fsp3) is 0.238. The second-order valence-electron chi connectivity index (χ2n) is 6.53. The average molecular weight is 344 g/mol. The topological polar surface area (TPSA) is 63.1 Å². The minimum Gasteiger partial charge on any atom is -0.367 e. The predicted molar refractivity (Wildman–Crippen MR) is 102 cm³/mol. The molecule has 0 unspecified atom stereocenters. The van der Waals surface area contributed by atoms with Crippen LogP contribution in [0.25, 0.3) is 10.9 Å². The highest BCUT2D eigenvalue weighted by atomic mass is 16.2. The standard InChI is InChI=1S/C21H20N4O/c22-14-16-5-1-4-8-20(16)24-9-11-25(12-10-24)21(26)13-17-15-23-19-7-3-2-6-18(17)19/h1-8,15,23H,9-13H2. The van der Waals surface area contributed by atoms with Crippen molar-refractivity contribution in [3.8, 4) is 6.07 Å². The van der Waals surface area contributed by atoms with Crippen LogP contribution in [0.3, 0.4) is 0 Å². The number of anilines is 1. The molecule has 26 heavy (non-hydrogen) atoms. The molecule has 0 aliphatic carbocycles. The molecule has 1 saturated heterocycles. The van der Waals surface area contributed by atoms with Gasteiger partial charge < -0.3 is 14.8 Å². The number of nitriles is 1. The maximum Gasteiger partial charge on any atom is 0.227 e. The first-order valence-corrected chi connectivity index (χ1v) is 8.83. The molecule has 3 aromatic rings. The van der Waals surface area contributed by atoms with Crippen molar-refractivity contribution < 1.29 is 4.79 Å². The molecule has 1 aromatic heterocycles. The maximum atomic E-state index is 12.7. The van der Waals surface area contributed by atoms with Gasteiger partial charge >= 0.3 is 0 Å². The van der Waals surface area contributed by atoms with Gasteiger partial charge in [-0.15, -0.1) is 0 Å². The van der Waals surface area contributed by atoms with Gasteiger partial charge in [-0.1, -0.05) is 30.3 Å². The second kappa shape index (κ2) is 6.93. The van der Waals surface area contributed by atoms with Crippen molar-refractivity contribution in [2.24, 2.45) is 0 Å². The molecule has 130 valence electrons. The van der Waals surface area contributed by atoms with Gasteiger partial charge in [0.15, 0.2) is 0 Å². The number of carbonyl (C=O) groups excluding carboxylic acids is 1. The first-order valence-electron chi connectivity index (χ1n) is 8.83. The van der Waals surface area contributed by atoms with Gasteiger partial charge in [0.05, 0.1) is 17.7 Å². The highest BCUT2D eigenvalue weighted by molar-refractivity contribution is 5.89. The molecular formula is C21H20N4O. The number of H-pyrrole nitrogens is 1. The van der Waals surface area contributed by atoms with Gasteiger partial charge in [-0.25, -0.2) is 0 Å². The second-order valence-corrected chi connectivity index (χ2v) is 6.53. The number of aromatic amines is 1. The Morgan fingerprint density at radius 1 is 1.04 bits per heavy atom. The molecule has 2 heterocycles. The molecule has 0 radical (unpaired) electrons. The maximum absolute atomic E-state index is 12.7. The van der Waals surface area contributed by atoms with Crippen LogP contribution in [0, 0.1) is 11.3 Å². The fourth-order valence-electron chi connectivity index (χ4n) is 3.59. The number of benzene rings is 2. The number of nitrogens with zero attached hydrogens (tertiary/aromatic N) is 3. The van der Waals surface area contributed by atoms with E-state index in [4.69, 9.17) is 0 Å². The van der Waals surface area contributed by atoms with Crippen molar-refractivity contribution in [1.82, 2.24) is 9.88 Å².